The molecule has 0 N–H and O–H groups in total. The molecule has 1 saturated heterocycles. The van der Waals surface area contributed by atoms with Gasteiger partial charge in [-0.3, -0.25) is 4.79 Å². The Kier molecular flexibility index (Phi) is 4.21. The molecule has 2 amide bonds. The predicted octanol–water partition coefficient (Wildman–Crippen LogP) is 2.15. The first-order valence-corrected chi connectivity index (χ1v) is 8.69. The molecule has 0 radical (unpaired) electrons. The van der Waals surface area contributed by atoms with Crippen LogP contribution in [0.5, 0.6) is 0 Å². The van der Waals surface area contributed by atoms with E-state index in [1.54, 1.807) is 9.80 Å². The van der Waals surface area contributed by atoms with Crippen LogP contribution in [0.3, 0.4) is 0 Å². The highest BCUT2D eigenvalue weighted by Crippen LogP contribution is 2.35. The minimum Gasteiger partial charge on any atom is -0.444 e. The van der Waals surface area contributed by atoms with Gasteiger partial charge in [-0.2, -0.15) is 0 Å². The molecule has 1 aliphatic carbocycles. The molecule has 0 aromatic carbocycles. The summed E-state index contributed by atoms with van der Waals surface area (Å²) in [6.45, 7) is 6.61. The lowest BCUT2D eigenvalue weighted by molar-refractivity contribution is -0.123. The van der Waals surface area contributed by atoms with Crippen LogP contribution in [0.15, 0.2) is 5.16 Å². The van der Waals surface area contributed by atoms with Gasteiger partial charge in [-0.25, -0.2) is 4.79 Å². The van der Waals surface area contributed by atoms with Gasteiger partial charge in [0.15, 0.2) is 5.60 Å². The van der Waals surface area contributed by atoms with Gasteiger partial charge in [0.1, 0.15) is 11.3 Å². The van der Waals surface area contributed by atoms with Crippen molar-refractivity contribution >= 4 is 17.7 Å². The van der Waals surface area contributed by atoms with Crippen molar-refractivity contribution in [1.82, 2.24) is 9.80 Å². The van der Waals surface area contributed by atoms with Crippen molar-refractivity contribution in [3.05, 3.63) is 0 Å². The number of hydrogen-bond acceptors (Lipinski definition) is 5. The van der Waals surface area contributed by atoms with Crippen molar-refractivity contribution in [1.29, 1.82) is 0 Å². The highest BCUT2D eigenvalue weighted by atomic mass is 16.7. The molecule has 1 saturated carbocycles. The number of carbonyl (C=O) groups excluding carboxylic acids is 2. The number of piperidine rings is 1. The Balaban J connectivity index is 1.61. The molecule has 0 bridgehead atoms. The lowest BCUT2D eigenvalue weighted by Crippen LogP contribution is -2.52. The van der Waals surface area contributed by atoms with Crippen LogP contribution in [0.2, 0.25) is 0 Å². The second-order valence-corrected chi connectivity index (χ2v) is 8.14. The molecule has 24 heavy (non-hydrogen) atoms. The van der Waals surface area contributed by atoms with Crippen LogP contribution < -0.4 is 0 Å². The zero-order chi connectivity index (χ0) is 17.5. The Morgan fingerprint density at radius 3 is 2.71 bits per heavy atom. The number of oxime groups is 1. The van der Waals surface area contributed by atoms with E-state index >= 15 is 0 Å². The summed E-state index contributed by atoms with van der Waals surface area (Å²) >= 11 is 0. The maximum absolute atomic E-state index is 12.5. The zero-order valence-electron chi connectivity index (χ0n) is 15.0. The van der Waals surface area contributed by atoms with Crippen molar-refractivity contribution in [2.45, 2.75) is 70.1 Å². The lowest BCUT2D eigenvalue weighted by atomic mass is 9.88. The number of amides is 2. The number of likely N-dealkylation sites (tertiary alicyclic amines) is 1. The average molecular weight is 337 g/mol. The largest absolute Gasteiger partial charge is 0.444 e. The summed E-state index contributed by atoms with van der Waals surface area (Å²) in [7, 11) is 1.82. The predicted molar refractivity (Wildman–Crippen MR) is 88.7 cm³/mol. The third kappa shape index (κ3) is 3.65. The lowest BCUT2D eigenvalue weighted by Gasteiger charge is -2.38. The summed E-state index contributed by atoms with van der Waals surface area (Å²) in [5.74, 6) is -0.0521. The van der Waals surface area contributed by atoms with E-state index in [1.807, 2.05) is 27.8 Å². The van der Waals surface area contributed by atoms with Gasteiger partial charge in [-0.05, 0) is 46.5 Å². The van der Waals surface area contributed by atoms with Crippen molar-refractivity contribution < 1.29 is 19.2 Å². The Morgan fingerprint density at radius 1 is 1.38 bits per heavy atom. The summed E-state index contributed by atoms with van der Waals surface area (Å²) in [5, 5.41) is 4.06. The van der Waals surface area contributed by atoms with Gasteiger partial charge in [0.05, 0.1) is 6.54 Å². The Morgan fingerprint density at radius 2 is 2.08 bits per heavy atom. The van der Waals surface area contributed by atoms with Crippen molar-refractivity contribution in [2.75, 3.05) is 20.1 Å². The minimum atomic E-state index is -0.579. The molecule has 3 rings (SSSR count). The van der Waals surface area contributed by atoms with E-state index in [1.165, 1.54) is 0 Å². The number of nitrogens with zero attached hydrogens (tertiary/aromatic N) is 3. The highest BCUT2D eigenvalue weighted by Gasteiger charge is 2.47. The quantitative estimate of drug-likeness (QED) is 0.774. The van der Waals surface area contributed by atoms with Crippen molar-refractivity contribution in [3.63, 3.8) is 0 Å². The standard InChI is InChI=1S/C17H27N3O4/c1-16(2,3)23-15(22)20-9-5-8-17(11-20)10-13(18-24-17)14(21)19(4)12-6-7-12/h12H,5-11H2,1-4H3. The van der Waals surface area contributed by atoms with Gasteiger partial charge < -0.3 is 19.4 Å². The molecule has 7 heteroatoms. The molecule has 1 atom stereocenters. The topological polar surface area (TPSA) is 71.4 Å². The van der Waals surface area contributed by atoms with E-state index in [2.05, 4.69) is 5.16 Å². The first-order valence-electron chi connectivity index (χ1n) is 8.69. The molecular formula is C17H27N3O4. The highest BCUT2D eigenvalue weighted by molar-refractivity contribution is 6.39. The molecular weight excluding hydrogens is 310 g/mol. The summed E-state index contributed by atoms with van der Waals surface area (Å²) in [5.41, 5.74) is -0.636. The second-order valence-electron chi connectivity index (χ2n) is 8.14. The van der Waals surface area contributed by atoms with E-state index in [4.69, 9.17) is 9.57 Å². The van der Waals surface area contributed by atoms with Gasteiger partial charge in [-0.1, -0.05) is 5.16 Å². The molecule has 2 aliphatic heterocycles. The molecule has 3 aliphatic rings. The summed E-state index contributed by atoms with van der Waals surface area (Å²) in [4.78, 5) is 33.9. The van der Waals surface area contributed by atoms with E-state index in [0.717, 1.165) is 25.7 Å². The van der Waals surface area contributed by atoms with Gasteiger partial charge in [0.2, 0.25) is 0 Å². The average Bonchev–Trinajstić information content (AvgIpc) is 3.27. The molecule has 2 heterocycles. The molecule has 1 spiro atoms. The molecule has 2 fully saturated rings. The molecule has 0 aromatic rings. The Hall–Kier alpha value is -1.79. The van der Waals surface area contributed by atoms with Crippen LogP contribution in [0.4, 0.5) is 4.79 Å². The van der Waals surface area contributed by atoms with Gasteiger partial charge in [-0.15, -0.1) is 0 Å². The van der Waals surface area contributed by atoms with Crippen LogP contribution in [-0.4, -0.2) is 64.9 Å². The van der Waals surface area contributed by atoms with Crippen LogP contribution in [0.1, 0.15) is 52.9 Å². The van der Waals surface area contributed by atoms with Gasteiger partial charge in [0.25, 0.3) is 5.91 Å². The van der Waals surface area contributed by atoms with Crippen molar-refractivity contribution in [2.24, 2.45) is 5.16 Å². The maximum atomic E-state index is 12.5. The minimum absolute atomic E-state index is 0.0521. The first kappa shape index (κ1) is 17.0. The number of hydrogen-bond donors (Lipinski definition) is 0. The smallest absolute Gasteiger partial charge is 0.410 e. The van der Waals surface area contributed by atoms with E-state index < -0.39 is 11.2 Å². The van der Waals surface area contributed by atoms with Gasteiger partial charge in [0, 0.05) is 26.1 Å². The third-order valence-corrected chi connectivity index (χ3v) is 4.69. The molecule has 7 nitrogen and oxygen atoms in total. The SMILES string of the molecule is CN(C(=O)C1=NOC2(CCCN(C(=O)OC(C)(C)C)C2)C1)C1CC1. The van der Waals surface area contributed by atoms with E-state index in [0.29, 0.717) is 31.3 Å². The summed E-state index contributed by atoms with van der Waals surface area (Å²) in [6.07, 6.45) is 3.86. The maximum Gasteiger partial charge on any atom is 0.410 e. The fraction of sp³-hybridized carbons (Fsp3) is 0.824. The normalized spacial score (nSPS) is 26.8. The van der Waals surface area contributed by atoms with Crippen molar-refractivity contribution in [3.8, 4) is 0 Å². The van der Waals surface area contributed by atoms with E-state index in [9.17, 15) is 9.59 Å². The van der Waals surface area contributed by atoms with Crippen LogP contribution in [-0.2, 0) is 14.4 Å². The Bertz CT molecular complexity index is 565. The zero-order valence-corrected chi connectivity index (χ0v) is 15.0. The summed E-state index contributed by atoms with van der Waals surface area (Å²) in [6, 6.07) is 0.348. The third-order valence-electron chi connectivity index (χ3n) is 4.69. The number of rotatable bonds is 2. The van der Waals surface area contributed by atoms with Gasteiger partial charge >= 0.3 is 6.09 Å². The fourth-order valence-corrected chi connectivity index (χ4v) is 3.27. The number of ether oxygens (including phenoxy) is 1. The monoisotopic (exact) mass is 337 g/mol. The number of carbonyl (C=O) groups is 2. The molecule has 134 valence electrons. The second kappa shape index (κ2) is 5.93. The van der Waals surface area contributed by atoms with Crippen LogP contribution in [0, 0.1) is 0 Å². The van der Waals surface area contributed by atoms with Crippen LogP contribution >= 0.6 is 0 Å². The summed E-state index contributed by atoms with van der Waals surface area (Å²) < 4.78 is 5.45. The van der Waals surface area contributed by atoms with E-state index in [-0.39, 0.29) is 12.0 Å². The molecule has 1 unspecified atom stereocenters. The Labute approximate surface area is 142 Å². The van der Waals surface area contributed by atoms with Crippen LogP contribution in [0.25, 0.3) is 0 Å². The molecule has 0 aromatic heterocycles. The first-order chi connectivity index (χ1) is 11.2. The fourth-order valence-electron chi connectivity index (χ4n) is 3.27.